The minimum absolute atomic E-state index is 0.0451. The number of halogens is 1. The number of rotatable bonds is 7. The fraction of sp³-hybridized carbons (Fsp3) is 0.217. The second-order valence-electron chi connectivity index (χ2n) is 7.20. The first-order valence-electron chi connectivity index (χ1n) is 9.96. The summed E-state index contributed by atoms with van der Waals surface area (Å²) in [5.41, 5.74) is 1.75. The molecule has 0 aliphatic carbocycles. The van der Waals surface area contributed by atoms with Gasteiger partial charge in [0, 0.05) is 31.5 Å². The topological polar surface area (TPSA) is 98.5 Å². The first-order chi connectivity index (χ1) is 15.5. The van der Waals surface area contributed by atoms with E-state index in [4.69, 9.17) is 21.1 Å². The Labute approximate surface area is 188 Å². The number of fused-ring (bicyclic) bond motifs is 1. The van der Waals surface area contributed by atoms with E-state index in [9.17, 15) is 14.7 Å². The molecule has 0 radical (unpaired) electrons. The average Bonchev–Trinajstić information content (AvgIpc) is 3.12. The summed E-state index contributed by atoms with van der Waals surface area (Å²) >= 11 is 6.44. The van der Waals surface area contributed by atoms with Crippen molar-refractivity contribution in [3.05, 3.63) is 74.5 Å². The Balaban J connectivity index is 1.80. The highest BCUT2D eigenvalue weighted by molar-refractivity contribution is 6.31. The van der Waals surface area contributed by atoms with Gasteiger partial charge in [-0.2, -0.15) is 0 Å². The van der Waals surface area contributed by atoms with Gasteiger partial charge in [-0.25, -0.2) is 4.79 Å². The molecule has 166 valence electrons. The minimum Gasteiger partial charge on any atom is -0.504 e. The van der Waals surface area contributed by atoms with Crippen LogP contribution in [0.4, 0.5) is 0 Å². The van der Waals surface area contributed by atoms with Crippen molar-refractivity contribution >= 4 is 22.6 Å². The quantitative estimate of drug-likeness (QED) is 0.415. The zero-order valence-electron chi connectivity index (χ0n) is 17.6. The van der Waals surface area contributed by atoms with E-state index < -0.39 is 11.2 Å². The predicted octanol–water partition coefficient (Wildman–Crippen LogP) is 3.55. The lowest BCUT2D eigenvalue weighted by atomic mass is 10.0. The molecule has 2 heterocycles. The van der Waals surface area contributed by atoms with Crippen molar-refractivity contribution in [1.29, 1.82) is 0 Å². The third kappa shape index (κ3) is 3.79. The van der Waals surface area contributed by atoms with Gasteiger partial charge in [-0.15, -0.1) is 0 Å². The zero-order chi connectivity index (χ0) is 22.8. The summed E-state index contributed by atoms with van der Waals surface area (Å²) < 4.78 is 12.9. The maximum Gasteiger partial charge on any atom is 0.328 e. The number of phenols is 1. The molecule has 4 rings (SSSR count). The van der Waals surface area contributed by atoms with Crippen LogP contribution in [-0.2, 0) is 11.3 Å². The number of hydrogen-bond donors (Lipinski definition) is 2. The summed E-state index contributed by atoms with van der Waals surface area (Å²) in [6, 6.07) is 14.0. The van der Waals surface area contributed by atoms with Crippen LogP contribution in [0.25, 0.3) is 27.8 Å². The highest BCUT2D eigenvalue weighted by Crippen LogP contribution is 2.37. The second-order valence-corrected chi connectivity index (χ2v) is 7.59. The average molecular weight is 456 g/mol. The molecule has 2 aromatic carbocycles. The van der Waals surface area contributed by atoms with Crippen LogP contribution in [0.1, 0.15) is 6.42 Å². The lowest BCUT2D eigenvalue weighted by Gasteiger charge is -2.11. The number of hydrogen-bond acceptors (Lipinski definition) is 5. The van der Waals surface area contributed by atoms with Crippen molar-refractivity contribution in [2.45, 2.75) is 13.0 Å². The van der Waals surface area contributed by atoms with Crippen LogP contribution in [0.2, 0.25) is 5.15 Å². The number of para-hydroxylation sites is 1. The smallest absolute Gasteiger partial charge is 0.328 e. The SMILES string of the molecule is COCCCn1c(=O)[nH]c2cc(Cl)n(-c3ccc(-c4cccc(OC)c4O)cc3)c2c1=O. The maximum atomic E-state index is 13.1. The lowest BCUT2D eigenvalue weighted by Crippen LogP contribution is -2.35. The molecule has 0 aliphatic rings. The Morgan fingerprint density at radius 3 is 2.53 bits per heavy atom. The van der Waals surface area contributed by atoms with Gasteiger partial charge < -0.3 is 19.6 Å². The number of nitrogens with one attached hydrogen (secondary N) is 1. The molecule has 0 saturated carbocycles. The van der Waals surface area contributed by atoms with Crippen molar-refractivity contribution in [1.82, 2.24) is 14.1 Å². The summed E-state index contributed by atoms with van der Waals surface area (Å²) in [5, 5.41) is 10.7. The summed E-state index contributed by atoms with van der Waals surface area (Å²) in [5.74, 6) is 0.424. The van der Waals surface area contributed by atoms with Gasteiger partial charge in [-0.1, -0.05) is 35.9 Å². The largest absolute Gasteiger partial charge is 0.504 e. The number of aromatic hydroxyl groups is 1. The predicted molar refractivity (Wildman–Crippen MR) is 123 cm³/mol. The second kappa shape index (κ2) is 8.94. The molecule has 2 N–H and O–H groups in total. The van der Waals surface area contributed by atoms with Crippen molar-refractivity contribution in [3.8, 4) is 28.3 Å². The van der Waals surface area contributed by atoms with Crippen molar-refractivity contribution < 1.29 is 14.6 Å². The first-order valence-corrected chi connectivity index (χ1v) is 10.3. The molecule has 0 amide bonds. The monoisotopic (exact) mass is 455 g/mol. The van der Waals surface area contributed by atoms with Crippen LogP contribution in [0.3, 0.4) is 0 Å². The molecule has 2 aromatic heterocycles. The van der Waals surface area contributed by atoms with Gasteiger partial charge in [0.2, 0.25) is 0 Å². The van der Waals surface area contributed by atoms with Gasteiger partial charge in [-0.3, -0.25) is 13.9 Å². The van der Waals surface area contributed by atoms with E-state index in [0.29, 0.717) is 40.7 Å². The van der Waals surface area contributed by atoms with Crippen molar-refractivity contribution in [2.24, 2.45) is 0 Å². The standard InChI is InChI=1S/C23H22ClN3O5/c1-31-12-4-11-26-22(29)20-17(25-23(26)30)13-19(24)27(20)15-9-7-14(8-10-15)16-5-3-6-18(32-2)21(16)28/h3,5-10,13,28H,4,11-12H2,1-2H3,(H,25,30). The third-order valence-electron chi connectivity index (χ3n) is 5.28. The van der Waals surface area contributed by atoms with E-state index >= 15 is 0 Å². The summed E-state index contributed by atoms with van der Waals surface area (Å²) in [7, 11) is 3.06. The number of aromatic nitrogens is 3. The first kappa shape index (κ1) is 21.7. The molecule has 0 fully saturated rings. The summed E-state index contributed by atoms with van der Waals surface area (Å²) in [6.07, 6.45) is 0.526. The Morgan fingerprint density at radius 1 is 1.09 bits per heavy atom. The molecular weight excluding hydrogens is 434 g/mol. The Kier molecular flexibility index (Phi) is 6.07. The molecule has 0 spiro atoms. The van der Waals surface area contributed by atoms with E-state index in [1.165, 1.54) is 7.11 Å². The highest BCUT2D eigenvalue weighted by atomic mass is 35.5. The Bertz CT molecular complexity index is 1390. The van der Waals surface area contributed by atoms with Crippen molar-refractivity contribution in [3.63, 3.8) is 0 Å². The van der Waals surface area contributed by atoms with E-state index in [0.717, 1.165) is 10.1 Å². The van der Waals surface area contributed by atoms with Gasteiger partial charge in [0.1, 0.15) is 10.7 Å². The number of aromatic amines is 1. The molecule has 0 saturated heterocycles. The van der Waals surface area contributed by atoms with E-state index in [1.54, 1.807) is 48.1 Å². The molecule has 32 heavy (non-hydrogen) atoms. The maximum absolute atomic E-state index is 13.1. The minimum atomic E-state index is -0.490. The van der Waals surface area contributed by atoms with Crippen molar-refractivity contribution in [2.75, 3.05) is 20.8 Å². The van der Waals surface area contributed by atoms with Crippen LogP contribution in [0, 0.1) is 0 Å². The van der Waals surface area contributed by atoms with Gasteiger partial charge in [0.05, 0.1) is 12.6 Å². The van der Waals surface area contributed by atoms with Crippen LogP contribution in [0.15, 0.2) is 58.1 Å². The number of benzene rings is 2. The summed E-state index contributed by atoms with van der Waals surface area (Å²) in [6.45, 7) is 0.666. The van der Waals surface area contributed by atoms with Gasteiger partial charge >= 0.3 is 5.69 Å². The Hall–Kier alpha value is -3.49. The third-order valence-corrected chi connectivity index (χ3v) is 5.55. The van der Waals surface area contributed by atoms with Crippen LogP contribution in [0.5, 0.6) is 11.5 Å². The number of nitrogens with zero attached hydrogens (tertiary/aromatic N) is 2. The molecule has 9 heteroatoms. The van der Waals surface area contributed by atoms with Gasteiger partial charge in [0.25, 0.3) is 5.56 Å². The van der Waals surface area contributed by atoms with Crippen LogP contribution >= 0.6 is 11.6 Å². The fourth-order valence-electron chi connectivity index (χ4n) is 3.72. The summed E-state index contributed by atoms with van der Waals surface area (Å²) in [4.78, 5) is 28.2. The van der Waals surface area contributed by atoms with E-state index in [2.05, 4.69) is 4.98 Å². The fourth-order valence-corrected chi connectivity index (χ4v) is 4.01. The van der Waals surface area contributed by atoms with Crippen LogP contribution in [-0.4, -0.2) is 40.1 Å². The molecule has 0 unspecified atom stereocenters. The number of phenolic OH excluding ortho intramolecular Hbond substituents is 1. The number of methoxy groups -OCH3 is 2. The van der Waals surface area contributed by atoms with Crippen LogP contribution < -0.4 is 16.0 Å². The van der Waals surface area contributed by atoms with E-state index in [-0.39, 0.29) is 17.8 Å². The molecule has 0 aliphatic heterocycles. The number of ether oxygens (including phenoxy) is 2. The molecule has 4 aromatic rings. The number of H-pyrrole nitrogens is 1. The van der Waals surface area contributed by atoms with E-state index in [1.807, 2.05) is 12.1 Å². The molecule has 0 bridgehead atoms. The highest BCUT2D eigenvalue weighted by Gasteiger charge is 2.17. The normalized spacial score (nSPS) is 11.2. The molecule has 0 atom stereocenters. The van der Waals surface area contributed by atoms with Gasteiger partial charge in [0.15, 0.2) is 11.5 Å². The molecule has 8 nitrogen and oxygen atoms in total. The lowest BCUT2D eigenvalue weighted by molar-refractivity contribution is 0.189. The van der Waals surface area contributed by atoms with Gasteiger partial charge in [-0.05, 0) is 36.2 Å². The zero-order valence-corrected chi connectivity index (χ0v) is 18.3. The molecular formula is C23H22ClN3O5. The Morgan fingerprint density at radius 2 is 1.84 bits per heavy atom.